The van der Waals surface area contributed by atoms with E-state index in [4.69, 9.17) is 19.3 Å². The largest absolute Gasteiger partial charge is 0.469 e. The van der Waals surface area contributed by atoms with Crippen molar-refractivity contribution < 1.29 is 14.1 Å². The van der Waals surface area contributed by atoms with Gasteiger partial charge < -0.3 is 9.26 Å². The summed E-state index contributed by atoms with van der Waals surface area (Å²) >= 11 is 0. The highest BCUT2D eigenvalue weighted by atomic mass is 16.5. The van der Waals surface area contributed by atoms with Crippen LogP contribution in [0.5, 0.6) is 0 Å². The van der Waals surface area contributed by atoms with E-state index in [0.29, 0.717) is 24.6 Å². The predicted octanol–water partition coefficient (Wildman–Crippen LogP) is 4.86. The fourth-order valence-corrected chi connectivity index (χ4v) is 4.72. The van der Waals surface area contributed by atoms with Gasteiger partial charge in [-0.05, 0) is 80.7 Å². The molecular formula is C25H32N4O3. The van der Waals surface area contributed by atoms with E-state index < -0.39 is 0 Å². The number of hydrogen-bond acceptors (Lipinski definition) is 6. The van der Waals surface area contributed by atoms with Gasteiger partial charge in [-0.15, -0.1) is 0 Å². The molecule has 0 atom stereocenters. The summed E-state index contributed by atoms with van der Waals surface area (Å²) in [4.78, 5) is 16.2. The van der Waals surface area contributed by atoms with Gasteiger partial charge in [0.2, 0.25) is 5.82 Å². The van der Waals surface area contributed by atoms with E-state index in [9.17, 15) is 4.79 Å². The van der Waals surface area contributed by atoms with Crippen LogP contribution in [0.1, 0.15) is 61.6 Å². The van der Waals surface area contributed by atoms with Gasteiger partial charge in [-0.2, -0.15) is 10.1 Å². The molecule has 1 aromatic carbocycles. The lowest BCUT2D eigenvalue weighted by Gasteiger charge is -2.30. The summed E-state index contributed by atoms with van der Waals surface area (Å²) in [5, 5.41) is 9.09. The quantitative estimate of drug-likeness (QED) is 0.513. The Kier molecular flexibility index (Phi) is 5.93. The normalized spacial score (nSPS) is 14.9. The summed E-state index contributed by atoms with van der Waals surface area (Å²) < 4.78 is 12.5. The number of aryl methyl sites for hydroxylation is 3. The lowest BCUT2D eigenvalue weighted by Crippen LogP contribution is -2.24. The third-order valence-electron chi connectivity index (χ3n) is 6.55. The Bertz CT molecular complexity index is 1130. The molecule has 0 saturated carbocycles. The summed E-state index contributed by atoms with van der Waals surface area (Å²) in [6.07, 6.45) is 4.12. The maximum Gasteiger partial charge on any atom is 0.305 e. The lowest BCUT2D eigenvalue weighted by molar-refractivity contribution is -0.140. The molecule has 7 nitrogen and oxygen atoms in total. The molecule has 2 aromatic heterocycles. The molecule has 0 unspecified atom stereocenters. The van der Waals surface area contributed by atoms with Gasteiger partial charge in [0.05, 0.1) is 7.11 Å². The van der Waals surface area contributed by atoms with E-state index in [1.54, 1.807) is 0 Å². The number of rotatable bonds is 6. The summed E-state index contributed by atoms with van der Waals surface area (Å²) in [6, 6.07) is 4.10. The van der Waals surface area contributed by atoms with Crippen molar-refractivity contribution in [3.63, 3.8) is 0 Å². The molecule has 0 N–H and O–H groups in total. The molecule has 0 bridgehead atoms. The number of fused-ring (bicyclic) bond motifs is 1. The fourth-order valence-electron chi connectivity index (χ4n) is 4.72. The molecule has 170 valence electrons. The van der Waals surface area contributed by atoms with E-state index >= 15 is 0 Å². The van der Waals surface area contributed by atoms with Crippen molar-refractivity contribution in [1.29, 1.82) is 0 Å². The molecular weight excluding hydrogens is 404 g/mol. The maximum atomic E-state index is 11.5. The summed E-state index contributed by atoms with van der Waals surface area (Å²) in [5.74, 6) is 0.837. The van der Waals surface area contributed by atoms with Crippen molar-refractivity contribution in [2.45, 2.75) is 73.3 Å². The number of aromatic nitrogens is 4. The summed E-state index contributed by atoms with van der Waals surface area (Å²) in [7, 11) is 1.42. The van der Waals surface area contributed by atoms with Gasteiger partial charge >= 0.3 is 5.97 Å². The fraction of sp³-hybridized carbons (Fsp3) is 0.520. The molecule has 2 heterocycles. The van der Waals surface area contributed by atoms with Crippen LogP contribution in [0.25, 0.3) is 23.0 Å². The van der Waals surface area contributed by atoms with E-state index in [2.05, 4.69) is 42.7 Å². The second kappa shape index (κ2) is 8.52. The highest BCUT2D eigenvalue weighted by Crippen LogP contribution is 2.39. The second-order valence-corrected chi connectivity index (χ2v) is 9.52. The molecule has 0 amide bonds. The van der Waals surface area contributed by atoms with E-state index in [1.165, 1.54) is 18.4 Å². The van der Waals surface area contributed by atoms with Crippen molar-refractivity contribution in [3.8, 4) is 23.0 Å². The standard InChI is InChI=1S/C25H32N4O3/c1-7-29-20-14-25(4,5)11-10-19(20)22(27-29)24-26-23(28-32-24)17-12-15(2)18(16(3)13-17)8-9-21(30)31-6/h12-13H,7-11,14H2,1-6H3. The summed E-state index contributed by atoms with van der Waals surface area (Å²) in [5.41, 5.74) is 7.89. The van der Waals surface area contributed by atoms with Gasteiger partial charge in [0.15, 0.2) is 5.69 Å². The van der Waals surface area contributed by atoms with Crippen LogP contribution in [-0.2, 0) is 35.3 Å². The number of benzene rings is 1. The Morgan fingerprint density at radius 2 is 1.97 bits per heavy atom. The first kappa shape index (κ1) is 22.2. The van der Waals surface area contributed by atoms with Gasteiger partial charge in [0, 0.05) is 29.8 Å². The average Bonchev–Trinajstić information content (AvgIpc) is 3.36. The Balaban J connectivity index is 1.64. The molecule has 32 heavy (non-hydrogen) atoms. The number of esters is 1. The number of carbonyl (C=O) groups excluding carboxylic acids is 1. The van der Waals surface area contributed by atoms with Crippen LogP contribution in [0, 0.1) is 19.3 Å². The number of methoxy groups -OCH3 is 1. The molecule has 7 heteroatoms. The molecule has 1 aliphatic rings. The number of carbonyl (C=O) groups is 1. The topological polar surface area (TPSA) is 83.0 Å². The first-order chi connectivity index (χ1) is 15.2. The van der Waals surface area contributed by atoms with Crippen LogP contribution in [0.4, 0.5) is 0 Å². The monoisotopic (exact) mass is 436 g/mol. The first-order valence-corrected chi connectivity index (χ1v) is 11.3. The van der Waals surface area contributed by atoms with Crippen molar-refractivity contribution in [3.05, 3.63) is 40.1 Å². The van der Waals surface area contributed by atoms with Crippen LogP contribution >= 0.6 is 0 Å². The van der Waals surface area contributed by atoms with Crippen molar-refractivity contribution in [2.24, 2.45) is 5.41 Å². The Hall–Kier alpha value is -2.96. The molecule has 4 rings (SSSR count). The molecule has 0 saturated heterocycles. The first-order valence-electron chi connectivity index (χ1n) is 11.3. The molecule has 1 aliphatic carbocycles. The highest BCUT2D eigenvalue weighted by Gasteiger charge is 2.32. The van der Waals surface area contributed by atoms with Crippen LogP contribution in [-0.4, -0.2) is 33.0 Å². The minimum atomic E-state index is -0.200. The molecule has 0 fully saturated rings. The van der Waals surface area contributed by atoms with Gasteiger partial charge in [-0.1, -0.05) is 19.0 Å². The van der Waals surface area contributed by atoms with Crippen LogP contribution in [0.15, 0.2) is 16.7 Å². The van der Waals surface area contributed by atoms with Crippen LogP contribution in [0.2, 0.25) is 0 Å². The third-order valence-corrected chi connectivity index (χ3v) is 6.55. The van der Waals surface area contributed by atoms with Gasteiger partial charge in [0.1, 0.15) is 0 Å². The zero-order valence-electron chi connectivity index (χ0n) is 19.9. The average molecular weight is 437 g/mol. The molecule has 0 aliphatic heterocycles. The Morgan fingerprint density at radius 3 is 2.62 bits per heavy atom. The number of ether oxygens (including phenoxy) is 1. The zero-order chi connectivity index (χ0) is 23.0. The summed E-state index contributed by atoms with van der Waals surface area (Å²) in [6.45, 7) is 11.7. The lowest BCUT2D eigenvalue weighted by atomic mass is 9.76. The third kappa shape index (κ3) is 4.20. The Labute approximate surface area is 189 Å². The van der Waals surface area contributed by atoms with Gasteiger partial charge in [-0.3, -0.25) is 9.48 Å². The Morgan fingerprint density at radius 1 is 1.25 bits per heavy atom. The van der Waals surface area contributed by atoms with Gasteiger partial charge in [-0.25, -0.2) is 0 Å². The van der Waals surface area contributed by atoms with Gasteiger partial charge in [0.25, 0.3) is 5.89 Å². The molecule has 0 spiro atoms. The maximum absolute atomic E-state index is 11.5. The molecule has 3 aromatic rings. The highest BCUT2D eigenvalue weighted by molar-refractivity contribution is 5.70. The van der Waals surface area contributed by atoms with Crippen LogP contribution < -0.4 is 0 Å². The smallest absolute Gasteiger partial charge is 0.305 e. The second-order valence-electron chi connectivity index (χ2n) is 9.52. The number of nitrogens with zero attached hydrogens (tertiary/aromatic N) is 4. The predicted molar refractivity (Wildman–Crippen MR) is 122 cm³/mol. The van der Waals surface area contributed by atoms with Crippen molar-refractivity contribution in [2.75, 3.05) is 7.11 Å². The van der Waals surface area contributed by atoms with Crippen LogP contribution in [0.3, 0.4) is 0 Å². The SMILES string of the molecule is CCn1nc(-c2nc(-c3cc(C)c(CCC(=O)OC)c(C)c3)no2)c2c1CC(C)(C)CC2. The van der Waals surface area contributed by atoms with E-state index in [0.717, 1.165) is 53.8 Å². The zero-order valence-corrected chi connectivity index (χ0v) is 19.9. The van der Waals surface area contributed by atoms with Crippen molar-refractivity contribution in [1.82, 2.24) is 19.9 Å². The van der Waals surface area contributed by atoms with Crippen molar-refractivity contribution >= 4 is 5.97 Å². The minimum absolute atomic E-state index is 0.200. The molecule has 0 radical (unpaired) electrons. The van der Waals surface area contributed by atoms with E-state index in [1.807, 2.05) is 13.8 Å². The van der Waals surface area contributed by atoms with E-state index in [-0.39, 0.29) is 11.4 Å². The number of hydrogen-bond donors (Lipinski definition) is 0. The minimum Gasteiger partial charge on any atom is -0.469 e.